The number of rotatable bonds is 7. The Morgan fingerprint density at radius 3 is 2.40 bits per heavy atom. The second-order valence-electron chi connectivity index (χ2n) is 5.38. The molecule has 0 aromatic heterocycles. The summed E-state index contributed by atoms with van der Waals surface area (Å²) < 4.78 is 4.88. The summed E-state index contributed by atoms with van der Waals surface area (Å²) >= 11 is 0. The number of carboxylic acid groups (broad SMARTS) is 1. The van der Waals surface area contributed by atoms with Gasteiger partial charge >= 0.3 is 12.0 Å². The van der Waals surface area contributed by atoms with Crippen LogP contribution in [0.15, 0.2) is 0 Å². The number of hydrogen-bond donors (Lipinski definition) is 2. The Bertz CT molecular complexity index is 342. The number of amides is 2. The number of urea groups is 1. The molecule has 1 fully saturated rings. The average Bonchev–Trinajstić information content (AvgIpc) is 2.79. The second kappa shape index (κ2) is 7.44. The highest BCUT2D eigenvalue weighted by Gasteiger charge is 2.34. The first kappa shape index (κ1) is 16.7. The van der Waals surface area contributed by atoms with Gasteiger partial charge in [-0.05, 0) is 12.8 Å². The molecular weight excluding hydrogens is 264 g/mol. The summed E-state index contributed by atoms with van der Waals surface area (Å²) in [6, 6.07) is -0.398. The van der Waals surface area contributed by atoms with Crippen molar-refractivity contribution < 1.29 is 24.5 Å². The summed E-state index contributed by atoms with van der Waals surface area (Å²) in [5, 5.41) is 19.1. The predicted molar refractivity (Wildman–Crippen MR) is 72.5 cm³/mol. The van der Waals surface area contributed by atoms with E-state index in [9.17, 15) is 14.7 Å². The van der Waals surface area contributed by atoms with Crippen LogP contribution in [-0.4, -0.2) is 78.0 Å². The van der Waals surface area contributed by atoms with Crippen LogP contribution in [0.3, 0.4) is 0 Å². The van der Waals surface area contributed by atoms with Gasteiger partial charge < -0.3 is 24.7 Å². The van der Waals surface area contributed by atoms with Gasteiger partial charge in [0.1, 0.15) is 6.54 Å². The maximum Gasteiger partial charge on any atom is 0.323 e. The predicted octanol–water partition coefficient (Wildman–Crippen LogP) is 0.376. The number of aliphatic carboxylic acids is 1. The molecule has 0 spiro atoms. The highest BCUT2D eigenvalue weighted by molar-refractivity contribution is 5.80. The van der Waals surface area contributed by atoms with Gasteiger partial charge in [-0.15, -0.1) is 0 Å². The molecule has 1 aliphatic rings. The van der Waals surface area contributed by atoms with Gasteiger partial charge in [0, 0.05) is 20.7 Å². The molecule has 7 nitrogen and oxygen atoms in total. The number of carboxylic acids is 1. The Kier molecular flexibility index (Phi) is 6.22. The fourth-order valence-corrected chi connectivity index (χ4v) is 2.55. The number of nitrogens with zero attached hydrogens (tertiary/aromatic N) is 2. The third-order valence-electron chi connectivity index (χ3n) is 3.55. The SMILES string of the molecule is COCCN(CC(=O)O)C(=O)N(C)CC1(O)CCCC1. The van der Waals surface area contributed by atoms with Gasteiger partial charge in [-0.25, -0.2) is 4.79 Å². The Hall–Kier alpha value is -1.34. The van der Waals surface area contributed by atoms with Crippen LogP contribution in [0, 0.1) is 0 Å². The van der Waals surface area contributed by atoms with Crippen LogP contribution in [0.2, 0.25) is 0 Å². The molecule has 2 N–H and O–H groups in total. The lowest BCUT2D eigenvalue weighted by molar-refractivity contribution is -0.137. The van der Waals surface area contributed by atoms with E-state index in [0.29, 0.717) is 12.8 Å². The van der Waals surface area contributed by atoms with Crippen LogP contribution < -0.4 is 0 Å². The molecule has 1 aliphatic carbocycles. The summed E-state index contributed by atoms with van der Waals surface area (Å²) in [6.07, 6.45) is 3.28. The maximum absolute atomic E-state index is 12.2. The lowest BCUT2D eigenvalue weighted by Crippen LogP contribution is -2.49. The van der Waals surface area contributed by atoms with Gasteiger partial charge in [-0.3, -0.25) is 4.79 Å². The van der Waals surface area contributed by atoms with E-state index in [1.165, 1.54) is 16.9 Å². The highest BCUT2D eigenvalue weighted by Crippen LogP contribution is 2.30. The molecule has 116 valence electrons. The van der Waals surface area contributed by atoms with Crippen LogP contribution in [-0.2, 0) is 9.53 Å². The zero-order chi connectivity index (χ0) is 15.2. The first-order chi connectivity index (χ1) is 9.38. The number of likely N-dealkylation sites (N-methyl/N-ethyl adjacent to an activating group) is 1. The molecule has 0 aromatic rings. The van der Waals surface area contributed by atoms with Crippen molar-refractivity contribution in [2.75, 3.05) is 40.4 Å². The minimum Gasteiger partial charge on any atom is -0.480 e. The van der Waals surface area contributed by atoms with Gasteiger partial charge in [0.25, 0.3) is 0 Å². The van der Waals surface area contributed by atoms with Gasteiger partial charge in [-0.1, -0.05) is 12.8 Å². The van der Waals surface area contributed by atoms with Crippen molar-refractivity contribution in [3.05, 3.63) is 0 Å². The van der Waals surface area contributed by atoms with Gasteiger partial charge in [0.15, 0.2) is 0 Å². The topological polar surface area (TPSA) is 90.3 Å². The summed E-state index contributed by atoms with van der Waals surface area (Å²) in [5.41, 5.74) is -0.833. The number of aliphatic hydroxyl groups is 1. The third-order valence-corrected chi connectivity index (χ3v) is 3.55. The van der Waals surface area contributed by atoms with E-state index in [4.69, 9.17) is 9.84 Å². The first-order valence-electron chi connectivity index (χ1n) is 6.81. The smallest absolute Gasteiger partial charge is 0.323 e. The van der Waals surface area contributed by atoms with Crippen molar-refractivity contribution in [1.29, 1.82) is 0 Å². The minimum absolute atomic E-state index is 0.213. The summed E-state index contributed by atoms with van der Waals surface area (Å²) in [6.45, 7) is 0.349. The van der Waals surface area contributed by atoms with Crippen molar-refractivity contribution in [2.24, 2.45) is 0 Å². The van der Waals surface area contributed by atoms with Crippen LogP contribution >= 0.6 is 0 Å². The fraction of sp³-hybridized carbons (Fsp3) is 0.846. The Morgan fingerprint density at radius 2 is 1.90 bits per heavy atom. The molecule has 0 radical (unpaired) electrons. The molecule has 0 aliphatic heterocycles. The number of ether oxygens (including phenoxy) is 1. The van der Waals surface area contributed by atoms with E-state index < -0.39 is 17.6 Å². The molecule has 0 saturated heterocycles. The molecule has 0 heterocycles. The number of methoxy groups -OCH3 is 1. The van der Waals surface area contributed by atoms with E-state index in [0.717, 1.165) is 12.8 Å². The molecule has 7 heteroatoms. The van der Waals surface area contributed by atoms with Crippen LogP contribution in [0.5, 0.6) is 0 Å². The first-order valence-corrected chi connectivity index (χ1v) is 6.81. The summed E-state index contributed by atoms with van der Waals surface area (Å²) in [5.74, 6) is -1.07. The quantitative estimate of drug-likeness (QED) is 0.706. The molecule has 2 amide bonds. The highest BCUT2D eigenvalue weighted by atomic mass is 16.5. The molecule has 20 heavy (non-hydrogen) atoms. The van der Waals surface area contributed by atoms with Crippen molar-refractivity contribution in [3.8, 4) is 0 Å². The van der Waals surface area contributed by atoms with E-state index in [1.54, 1.807) is 7.05 Å². The second-order valence-corrected chi connectivity index (χ2v) is 5.38. The van der Waals surface area contributed by atoms with Gasteiger partial charge in [0.05, 0.1) is 18.8 Å². The summed E-state index contributed by atoms with van der Waals surface area (Å²) in [7, 11) is 3.08. The molecule has 0 aromatic carbocycles. The monoisotopic (exact) mass is 288 g/mol. The van der Waals surface area contributed by atoms with Gasteiger partial charge in [0.2, 0.25) is 0 Å². The Morgan fingerprint density at radius 1 is 1.30 bits per heavy atom. The van der Waals surface area contributed by atoms with E-state index in [-0.39, 0.29) is 26.2 Å². The molecule has 0 bridgehead atoms. The molecule has 0 unspecified atom stereocenters. The number of carbonyl (C=O) groups is 2. The average molecular weight is 288 g/mol. The minimum atomic E-state index is -1.07. The van der Waals surface area contributed by atoms with Crippen LogP contribution in [0.1, 0.15) is 25.7 Å². The maximum atomic E-state index is 12.2. The molecule has 0 atom stereocenters. The van der Waals surface area contributed by atoms with E-state index in [1.807, 2.05) is 0 Å². The van der Waals surface area contributed by atoms with E-state index >= 15 is 0 Å². The van der Waals surface area contributed by atoms with Crippen molar-refractivity contribution in [3.63, 3.8) is 0 Å². The zero-order valence-electron chi connectivity index (χ0n) is 12.2. The lowest BCUT2D eigenvalue weighted by Gasteiger charge is -2.32. The summed E-state index contributed by atoms with van der Waals surface area (Å²) in [4.78, 5) is 25.6. The van der Waals surface area contributed by atoms with Gasteiger partial charge in [-0.2, -0.15) is 0 Å². The third kappa shape index (κ3) is 4.97. The molecule has 1 saturated carbocycles. The number of carbonyl (C=O) groups excluding carboxylic acids is 1. The zero-order valence-corrected chi connectivity index (χ0v) is 12.2. The van der Waals surface area contributed by atoms with Crippen molar-refractivity contribution in [1.82, 2.24) is 9.80 Å². The van der Waals surface area contributed by atoms with Crippen molar-refractivity contribution >= 4 is 12.0 Å². The van der Waals surface area contributed by atoms with E-state index in [2.05, 4.69) is 0 Å². The Labute approximate surface area is 119 Å². The molecular formula is C13H24N2O5. The number of hydrogen-bond acceptors (Lipinski definition) is 4. The normalized spacial score (nSPS) is 16.9. The van der Waals surface area contributed by atoms with Crippen LogP contribution in [0.4, 0.5) is 4.79 Å². The fourth-order valence-electron chi connectivity index (χ4n) is 2.55. The lowest BCUT2D eigenvalue weighted by atomic mass is 10.0. The standard InChI is InChI=1S/C13H24N2O5/c1-14(10-13(19)5-3-4-6-13)12(18)15(7-8-20-2)9-11(16)17/h19H,3-10H2,1-2H3,(H,16,17). The largest absolute Gasteiger partial charge is 0.480 e. The Balaban J connectivity index is 2.59. The molecule has 1 rings (SSSR count). The van der Waals surface area contributed by atoms with Crippen molar-refractivity contribution in [2.45, 2.75) is 31.3 Å². The van der Waals surface area contributed by atoms with Crippen LogP contribution in [0.25, 0.3) is 0 Å².